The maximum Gasteiger partial charge on any atom is 0.133 e. The van der Waals surface area contributed by atoms with E-state index in [1.165, 1.54) is 38.5 Å². The van der Waals surface area contributed by atoms with Gasteiger partial charge < -0.3 is 10.1 Å². The summed E-state index contributed by atoms with van der Waals surface area (Å²) < 4.78 is 0. The zero-order chi connectivity index (χ0) is 22.6. The average Bonchev–Trinajstić information content (AvgIpc) is 3.39. The molecule has 32 heavy (non-hydrogen) atoms. The average molecular weight is 459 g/mol. The molecule has 0 aromatic carbocycles. The molecule has 5 rings (SSSR count). The normalized spacial score (nSPS) is 45.7. The second-order valence-electron chi connectivity index (χ2n) is 12.2. The number of nitrogens with one attached hydrogen (secondary N) is 1. The number of Topliss-reactive ketones (excluding diaryl/α,β-unsaturated/α-hetero) is 1. The highest BCUT2D eigenvalue weighted by Gasteiger charge is 2.61. The van der Waals surface area contributed by atoms with Gasteiger partial charge in [-0.05, 0) is 111 Å². The summed E-state index contributed by atoms with van der Waals surface area (Å²) in [7, 11) is 0. The Balaban J connectivity index is 1.22. The Bertz CT molecular complexity index is 828. The zero-order valence-electron chi connectivity index (χ0n) is 20.2. The lowest BCUT2D eigenvalue weighted by atomic mass is 9.43. The Morgan fingerprint density at radius 1 is 1.12 bits per heavy atom. The number of carbonyl (C=O) groups is 1. The Kier molecular flexibility index (Phi) is 6.06. The third-order valence-corrected chi connectivity index (χ3v) is 11.8. The van der Waals surface area contributed by atoms with E-state index in [-0.39, 0.29) is 5.41 Å². The fourth-order valence-electron chi connectivity index (χ4n) is 9.03. The van der Waals surface area contributed by atoms with E-state index in [0.29, 0.717) is 23.0 Å². The van der Waals surface area contributed by atoms with Crippen molar-refractivity contribution in [3.63, 3.8) is 0 Å². The largest absolute Gasteiger partial charge is 0.390 e. The van der Waals surface area contributed by atoms with Crippen molar-refractivity contribution in [3.8, 4) is 0 Å². The first-order chi connectivity index (χ1) is 15.3. The lowest BCUT2D eigenvalue weighted by Gasteiger charge is -2.62. The van der Waals surface area contributed by atoms with Crippen molar-refractivity contribution in [2.75, 3.05) is 5.75 Å². The Morgan fingerprint density at radius 3 is 2.69 bits per heavy atom. The quantitative estimate of drug-likeness (QED) is 0.512. The predicted octanol–water partition coefficient (Wildman–Crippen LogP) is 6.01. The molecule has 4 saturated carbocycles. The van der Waals surface area contributed by atoms with Crippen molar-refractivity contribution in [1.29, 1.82) is 0 Å². The molecule has 0 aliphatic heterocycles. The van der Waals surface area contributed by atoms with Crippen molar-refractivity contribution in [3.05, 3.63) is 18.2 Å². The molecule has 0 radical (unpaired) electrons. The van der Waals surface area contributed by atoms with Crippen molar-refractivity contribution < 1.29 is 9.90 Å². The van der Waals surface area contributed by atoms with E-state index in [4.69, 9.17) is 0 Å². The molecule has 1 aromatic heterocycles. The van der Waals surface area contributed by atoms with Crippen LogP contribution in [0.2, 0.25) is 0 Å². The fraction of sp³-hybridized carbons (Fsp3) is 0.852. The van der Waals surface area contributed by atoms with Gasteiger partial charge in [0.2, 0.25) is 0 Å². The molecule has 4 nitrogen and oxygen atoms in total. The summed E-state index contributed by atoms with van der Waals surface area (Å²) in [6.07, 6.45) is 15.2. The molecule has 1 unspecified atom stereocenters. The first-order valence-corrected chi connectivity index (χ1v) is 14.2. The number of aliphatic hydroxyl groups is 1. The molecule has 8 atom stereocenters. The van der Waals surface area contributed by atoms with Gasteiger partial charge in [-0.25, -0.2) is 4.98 Å². The standard InChI is InChI=1S/C27H42N2O2S/c1-18(30)21-6-7-22-20-5-4-19-16-27(31,12-15-32-17-24-28-13-14-29-24)11-10-25(19,2)23(20)8-9-26(21,22)3/h13-14,19-23,31H,4-12,15-17H2,1-3H3,(H,28,29)/t19?,20-,21+,22-,23-,25-,26+,27-/m0/s1. The number of H-pyrrole nitrogens is 1. The molecule has 4 aliphatic rings. The highest BCUT2D eigenvalue weighted by atomic mass is 32.2. The number of hydrogen-bond acceptors (Lipinski definition) is 4. The van der Waals surface area contributed by atoms with Crippen LogP contribution in [-0.4, -0.2) is 32.2 Å². The number of aromatic amines is 1. The molecule has 0 amide bonds. The SMILES string of the molecule is CC(=O)[C@H]1CC[C@H]2[C@@H]3CCC4C[C@@](O)(CCSCc5ncc[nH]5)CC[C@]4(C)[C@H]3CC[C@]12C. The minimum absolute atomic E-state index is 0.247. The number of carbonyl (C=O) groups excluding carboxylic acids is 1. The van der Waals surface area contributed by atoms with E-state index >= 15 is 0 Å². The van der Waals surface area contributed by atoms with Crippen LogP contribution in [0.3, 0.4) is 0 Å². The van der Waals surface area contributed by atoms with Crippen LogP contribution in [0.1, 0.15) is 90.8 Å². The summed E-state index contributed by atoms with van der Waals surface area (Å²) in [5.41, 5.74) is 0.145. The van der Waals surface area contributed by atoms with E-state index in [1.807, 2.05) is 24.9 Å². The maximum absolute atomic E-state index is 12.4. The first kappa shape index (κ1) is 23.0. The summed E-state index contributed by atoms with van der Waals surface area (Å²) in [6.45, 7) is 6.85. The Labute approximate surface area is 198 Å². The second kappa shape index (κ2) is 8.45. The molecular formula is C27H42N2O2S. The van der Waals surface area contributed by atoms with Crippen molar-refractivity contribution in [1.82, 2.24) is 9.97 Å². The van der Waals surface area contributed by atoms with Crippen LogP contribution in [0.5, 0.6) is 0 Å². The lowest BCUT2D eigenvalue weighted by molar-refractivity contribution is -0.153. The highest BCUT2D eigenvalue weighted by molar-refractivity contribution is 7.98. The van der Waals surface area contributed by atoms with Gasteiger partial charge in [-0.15, -0.1) is 0 Å². The Morgan fingerprint density at radius 2 is 1.94 bits per heavy atom. The van der Waals surface area contributed by atoms with Gasteiger partial charge in [0.25, 0.3) is 0 Å². The minimum Gasteiger partial charge on any atom is -0.390 e. The molecule has 2 N–H and O–H groups in total. The number of aromatic nitrogens is 2. The number of rotatable bonds is 6. The third kappa shape index (κ3) is 3.79. The van der Waals surface area contributed by atoms with Gasteiger partial charge in [-0.2, -0.15) is 11.8 Å². The zero-order valence-corrected chi connectivity index (χ0v) is 21.1. The summed E-state index contributed by atoms with van der Waals surface area (Å²) in [5, 5.41) is 11.5. The molecule has 0 spiro atoms. The number of nitrogens with zero attached hydrogens (tertiary/aromatic N) is 1. The highest BCUT2D eigenvalue weighted by Crippen LogP contribution is 2.68. The number of hydrogen-bond donors (Lipinski definition) is 2. The number of imidazole rings is 1. The molecule has 4 aliphatic carbocycles. The molecule has 0 saturated heterocycles. The van der Waals surface area contributed by atoms with Gasteiger partial charge in [-0.1, -0.05) is 13.8 Å². The van der Waals surface area contributed by atoms with Gasteiger partial charge >= 0.3 is 0 Å². The monoisotopic (exact) mass is 458 g/mol. The maximum atomic E-state index is 12.4. The predicted molar refractivity (Wildman–Crippen MR) is 130 cm³/mol. The van der Waals surface area contributed by atoms with Crippen LogP contribution in [0.15, 0.2) is 12.4 Å². The van der Waals surface area contributed by atoms with Crippen LogP contribution in [0.4, 0.5) is 0 Å². The summed E-state index contributed by atoms with van der Waals surface area (Å²) >= 11 is 1.88. The van der Waals surface area contributed by atoms with Gasteiger partial charge in [-0.3, -0.25) is 4.79 Å². The van der Waals surface area contributed by atoms with Crippen molar-refractivity contribution in [2.45, 2.75) is 96.3 Å². The minimum atomic E-state index is -0.483. The van der Waals surface area contributed by atoms with Crippen molar-refractivity contribution in [2.24, 2.45) is 40.4 Å². The van der Waals surface area contributed by atoms with E-state index in [9.17, 15) is 9.90 Å². The summed E-state index contributed by atoms with van der Waals surface area (Å²) in [4.78, 5) is 19.8. The van der Waals surface area contributed by atoms with Crippen LogP contribution >= 0.6 is 11.8 Å². The fourth-order valence-corrected chi connectivity index (χ4v) is 10.0. The van der Waals surface area contributed by atoms with E-state index < -0.39 is 5.60 Å². The molecule has 0 bridgehead atoms. The van der Waals surface area contributed by atoms with E-state index in [2.05, 4.69) is 23.8 Å². The lowest BCUT2D eigenvalue weighted by Crippen LogP contribution is -2.56. The molecular weight excluding hydrogens is 416 g/mol. The van der Waals surface area contributed by atoms with E-state index in [1.54, 1.807) is 6.20 Å². The van der Waals surface area contributed by atoms with Crippen LogP contribution in [0, 0.1) is 40.4 Å². The van der Waals surface area contributed by atoms with Gasteiger partial charge in [0.1, 0.15) is 11.6 Å². The molecule has 4 fully saturated rings. The summed E-state index contributed by atoms with van der Waals surface area (Å²) in [6, 6.07) is 0. The second-order valence-corrected chi connectivity index (χ2v) is 13.3. The third-order valence-electron chi connectivity index (χ3n) is 10.8. The van der Waals surface area contributed by atoms with Crippen LogP contribution in [0.25, 0.3) is 0 Å². The molecule has 5 heteroatoms. The number of thioether (sulfide) groups is 1. The first-order valence-electron chi connectivity index (χ1n) is 13.0. The molecule has 178 valence electrons. The van der Waals surface area contributed by atoms with Crippen molar-refractivity contribution >= 4 is 17.5 Å². The van der Waals surface area contributed by atoms with Crippen LogP contribution in [-0.2, 0) is 10.5 Å². The molecule has 1 aromatic rings. The van der Waals surface area contributed by atoms with Crippen LogP contribution < -0.4 is 0 Å². The van der Waals surface area contributed by atoms with E-state index in [0.717, 1.165) is 60.8 Å². The summed E-state index contributed by atoms with van der Waals surface area (Å²) in [5.74, 6) is 6.65. The van der Waals surface area contributed by atoms with Gasteiger partial charge in [0, 0.05) is 18.3 Å². The number of ketones is 1. The number of fused-ring (bicyclic) bond motifs is 5. The molecule has 1 heterocycles. The Hall–Kier alpha value is -0.810. The smallest absolute Gasteiger partial charge is 0.133 e. The van der Waals surface area contributed by atoms with Gasteiger partial charge in [0.15, 0.2) is 0 Å². The topological polar surface area (TPSA) is 66.0 Å². The van der Waals surface area contributed by atoms with Gasteiger partial charge in [0.05, 0.1) is 11.4 Å².